The minimum Gasteiger partial charge on any atom is -0.496 e. The fraction of sp³-hybridized carbons (Fsp3) is 0.235. The van der Waals surface area contributed by atoms with Gasteiger partial charge in [0.1, 0.15) is 5.75 Å². The van der Waals surface area contributed by atoms with Gasteiger partial charge in [-0.1, -0.05) is 12.1 Å². The third kappa shape index (κ3) is 3.10. The third-order valence-corrected chi connectivity index (χ3v) is 3.26. The fourth-order valence-corrected chi connectivity index (χ4v) is 2.18. The van der Waals surface area contributed by atoms with Crippen LogP contribution in [0.2, 0.25) is 0 Å². The summed E-state index contributed by atoms with van der Waals surface area (Å²) in [6.07, 6.45) is 0. The Kier molecular flexibility index (Phi) is 4.27. The van der Waals surface area contributed by atoms with Crippen LogP contribution >= 0.6 is 0 Å². The molecule has 0 saturated heterocycles. The lowest BCUT2D eigenvalue weighted by Crippen LogP contribution is -2.17. The number of nitriles is 1. The van der Waals surface area contributed by atoms with Crippen LogP contribution in [-0.4, -0.2) is 14.2 Å². The van der Waals surface area contributed by atoms with E-state index in [1.807, 2.05) is 25.2 Å². The number of aryl methyl sites for hydroxylation is 1. The summed E-state index contributed by atoms with van der Waals surface area (Å²) in [7, 11) is 3.69. The second-order valence-corrected chi connectivity index (χ2v) is 4.83. The molecule has 0 spiro atoms. The molecule has 0 aliphatic heterocycles. The van der Waals surface area contributed by atoms with Crippen LogP contribution in [0.1, 0.15) is 16.7 Å². The Morgan fingerprint density at radius 1 is 1.20 bits per heavy atom. The Bertz CT molecular complexity index is 644. The summed E-state index contributed by atoms with van der Waals surface area (Å²) < 4.78 is 5.37. The molecule has 0 N–H and O–H groups in total. The van der Waals surface area contributed by atoms with Gasteiger partial charge in [-0.25, -0.2) is 0 Å². The summed E-state index contributed by atoms with van der Waals surface area (Å²) in [5, 5.41) is 9.01. The van der Waals surface area contributed by atoms with Gasteiger partial charge >= 0.3 is 0 Å². The van der Waals surface area contributed by atoms with Crippen molar-refractivity contribution >= 4 is 5.69 Å². The Balaban J connectivity index is 2.27. The second kappa shape index (κ2) is 6.12. The van der Waals surface area contributed by atoms with Crippen molar-refractivity contribution in [1.29, 1.82) is 5.26 Å². The molecule has 2 aromatic rings. The molecular formula is C17H18N2O. The molecule has 20 heavy (non-hydrogen) atoms. The summed E-state index contributed by atoms with van der Waals surface area (Å²) >= 11 is 0. The maximum Gasteiger partial charge on any atom is 0.123 e. The Morgan fingerprint density at radius 3 is 2.65 bits per heavy atom. The molecule has 2 aromatic carbocycles. The van der Waals surface area contributed by atoms with Gasteiger partial charge < -0.3 is 9.64 Å². The standard InChI is InChI=1S/C17H18N2O/c1-13-5-4-6-16(9-13)19(2)12-15-10-14(11-18)7-8-17(15)20-3/h4-10H,12H2,1-3H3. The van der Waals surface area contributed by atoms with Gasteiger partial charge in [0.25, 0.3) is 0 Å². The molecule has 0 fully saturated rings. The Labute approximate surface area is 120 Å². The van der Waals surface area contributed by atoms with Gasteiger partial charge in [0.15, 0.2) is 0 Å². The average molecular weight is 266 g/mol. The van der Waals surface area contributed by atoms with E-state index in [-0.39, 0.29) is 0 Å². The monoisotopic (exact) mass is 266 g/mol. The van der Waals surface area contributed by atoms with E-state index in [2.05, 4.69) is 36.1 Å². The molecule has 0 heterocycles. The number of methoxy groups -OCH3 is 1. The quantitative estimate of drug-likeness (QED) is 0.849. The van der Waals surface area contributed by atoms with Crippen molar-refractivity contribution in [3.63, 3.8) is 0 Å². The highest BCUT2D eigenvalue weighted by Crippen LogP contribution is 2.24. The molecule has 3 nitrogen and oxygen atoms in total. The molecule has 0 radical (unpaired) electrons. The highest BCUT2D eigenvalue weighted by molar-refractivity contribution is 5.50. The van der Waals surface area contributed by atoms with Gasteiger partial charge in [0.2, 0.25) is 0 Å². The van der Waals surface area contributed by atoms with Crippen LogP contribution in [0.25, 0.3) is 0 Å². The van der Waals surface area contributed by atoms with Crippen molar-refractivity contribution in [2.45, 2.75) is 13.5 Å². The molecule has 102 valence electrons. The summed E-state index contributed by atoms with van der Waals surface area (Å²) in [6, 6.07) is 16.0. The van der Waals surface area contributed by atoms with Crippen LogP contribution < -0.4 is 9.64 Å². The van der Waals surface area contributed by atoms with E-state index in [4.69, 9.17) is 10.00 Å². The largest absolute Gasteiger partial charge is 0.496 e. The molecule has 0 bridgehead atoms. The maximum atomic E-state index is 9.01. The number of hydrogen-bond donors (Lipinski definition) is 0. The smallest absolute Gasteiger partial charge is 0.123 e. The van der Waals surface area contributed by atoms with Gasteiger partial charge in [-0.3, -0.25) is 0 Å². The van der Waals surface area contributed by atoms with Crippen LogP contribution in [0.15, 0.2) is 42.5 Å². The van der Waals surface area contributed by atoms with Crippen LogP contribution in [0, 0.1) is 18.3 Å². The molecule has 0 aliphatic rings. The Hall–Kier alpha value is -2.47. The minimum atomic E-state index is 0.651. The van der Waals surface area contributed by atoms with Gasteiger partial charge in [-0.05, 0) is 42.8 Å². The minimum absolute atomic E-state index is 0.651. The number of nitrogens with zero attached hydrogens (tertiary/aromatic N) is 2. The molecule has 0 aromatic heterocycles. The predicted molar refractivity (Wildman–Crippen MR) is 81.0 cm³/mol. The first kappa shape index (κ1) is 14.0. The molecule has 0 unspecified atom stereocenters. The molecule has 0 aliphatic carbocycles. The first-order valence-electron chi connectivity index (χ1n) is 6.49. The van der Waals surface area contributed by atoms with E-state index < -0.39 is 0 Å². The highest BCUT2D eigenvalue weighted by atomic mass is 16.5. The number of rotatable bonds is 4. The van der Waals surface area contributed by atoms with Crippen molar-refractivity contribution in [3.8, 4) is 11.8 Å². The first-order valence-corrected chi connectivity index (χ1v) is 6.49. The van der Waals surface area contributed by atoms with Crippen molar-refractivity contribution in [1.82, 2.24) is 0 Å². The maximum absolute atomic E-state index is 9.01. The SMILES string of the molecule is COc1ccc(C#N)cc1CN(C)c1cccc(C)c1. The van der Waals surface area contributed by atoms with Crippen LogP contribution in [0.4, 0.5) is 5.69 Å². The summed E-state index contributed by atoms with van der Waals surface area (Å²) in [6.45, 7) is 2.77. The topological polar surface area (TPSA) is 36.3 Å². The number of ether oxygens (including phenoxy) is 1. The van der Waals surface area contributed by atoms with Crippen molar-refractivity contribution in [2.24, 2.45) is 0 Å². The van der Waals surface area contributed by atoms with Crippen LogP contribution in [0.3, 0.4) is 0 Å². The van der Waals surface area contributed by atoms with Crippen molar-refractivity contribution < 1.29 is 4.74 Å². The molecule has 0 saturated carbocycles. The first-order chi connectivity index (χ1) is 9.63. The van der Waals surface area contributed by atoms with Crippen LogP contribution in [0.5, 0.6) is 5.75 Å². The van der Waals surface area contributed by atoms with Crippen molar-refractivity contribution in [2.75, 3.05) is 19.1 Å². The summed E-state index contributed by atoms with van der Waals surface area (Å²) in [4.78, 5) is 2.14. The Morgan fingerprint density at radius 2 is 2.00 bits per heavy atom. The molecule has 0 atom stereocenters. The second-order valence-electron chi connectivity index (χ2n) is 4.83. The number of hydrogen-bond acceptors (Lipinski definition) is 3. The summed E-state index contributed by atoms with van der Waals surface area (Å²) in [5.74, 6) is 0.809. The normalized spacial score (nSPS) is 9.90. The van der Waals surface area contributed by atoms with Crippen molar-refractivity contribution in [3.05, 3.63) is 59.2 Å². The van der Waals surface area contributed by atoms with Gasteiger partial charge in [-0.15, -0.1) is 0 Å². The fourth-order valence-electron chi connectivity index (χ4n) is 2.18. The van der Waals surface area contributed by atoms with E-state index in [9.17, 15) is 0 Å². The van der Waals surface area contributed by atoms with Crippen LogP contribution in [-0.2, 0) is 6.54 Å². The molecule has 2 rings (SSSR count). The van der Waals surface area contributed by atoms with Gasteiger partial charge in [0.05, 0.1) is 18.7 Å². The molecule has 0 amide bonds. The zero-order chi connectivity index (χ0) is 14.5. The molecule has 3 heteroatoms. The summed E-state index contributed by atoms with van der Waals surface area (Å²) in [5.41, 5.74) is 4.04. The van der Waals surface area contributed by atoms with E-state index >= 15 is 0 Å². The van der Waals surface area contributed by atoms with Gasteiger partial charge in [0, 0.05) is 24.8 Å². The zero-order valence-corrected chi connectivity index (χ0v) is 12.1. The lowest BCUT2D eigenvalue weighted by molar-refractivity contribution is 0.409. The lowest BCUT2D eigenvalue weighted by Gasteiger charge is -2.21. The lowest BCUT2D eigenvalue weighted by atomic mass is 10.1. The molecular weight excluding hydrogens is 248 g/mol. The number of anilines is 1. The highest BCUT2D eigenvalue weighted by Gasteiger charge is 2.08. The average Bonchev–Trinajstić information content (AvgIpc) is 2.47. The van der Waals surface area contributed by atoms with E-state index in [0.717, 1.165) is 17.0 Å². The predicted octanol–water partition coefficient (Wildman–Crippen LogP) is 3.51. The third-order valence-electron chi connectivity index (χ3n) is 3.26. The van der Waals surface area contributed by atoms with E-state index in [1.165, 1.54) is 5.56 Å². The van der Waals surface area contributed by atoms with E-state index in [1.54, 1.807) is 13.2 Å². The van der Waals surface area contributed by atoms with Gasteiger partial charge in [-0.2, -0.15) is 5.26 Å². The van der Waals surface area contributed by atoms with E-state index in [0.29, 0.717) is 12.1 Å². The number of benzene rings is 2. The zero-order valence-electron chi connectivity index (χ0n) is 12.1.